The third-order valence-electron chi connectivity index (χ3n) is 5.80. The standard InChI is InChI=1S/C25H34N2O4S/c1-3-4-8-20-11-13-21(14-12-20)26-25(28)18-31-24-16-15-23(17-19(24)2)32(29,30)27-22-9-6-5-7-10-22/h11-17,22,27H,3-10,18H2,1-2H3,(H,26,28). The van der Waals surface area contributed by atoms with E-state index in [1.165, 1.54) is 18.1 Å². The van der Waals surface area contributed by atoms with Crippen molar-refractivity contribution in [2.75, 3.05) is 11.9 Å². The second kappa shape index (κ2) is 11.5. The smallest absolute Gasteiger partial charge is 0.262 e. The van der Waals surface area contributed by atoms with Crippen molar-refractivity contribution in [2.45, 2.75) is 76.2 Å². The average Bonchev–Trinajstić information content (AvgIpc) is 2.78. The van der Waals surface area contributed by atoms with E-state index in [2.05, 4.69) is 17.0 Å². The minimum atomic E-state index is -3.57. The maximum Gasteiger partial charge on any atom is 0.262 e. The molecule has 1 aliphatic carbocycles. The lowest BCUT2D eigenvalue weighted by Gasteiger charge is -2.22. The highest BCUT2D eigenvalue weighted by molar-refractivity contribution is 7.89. The van der Waals surface area contributed by atoms with Gasteiger partial charge in [0.05, 0.1) is 4.90 Å². The number of rotatable bonds is 10. The van der Waals surface area contributed by atoms with Crippen LogP contribution < -0.4 is 14.8 Å². The minimum absolute atomic E-state index is 0.00869. The van der Waals surface area contributed by atoms with Crippen LogP contribution in [0.4, 0.5) is 5.69 Å². The lowest BCUT2D eigenvalue weighted by molar-refractivity contribution is -0.118. The zero-order valence-corrected chi connectivity index (χ0v) is 19.8. The van der Waals surface area contributed by atoms with Gasteiger partial charge in [-0.15, -0.1) is 0 Å². The van der Waals surface area contributed by atoms with E-state index in [1.54, 1.807) is 19.1 Å². The molecule has 0 spiro atoms. The van der Waals surface area contributed by atoms with Gasteiger partial charge in [-0.2, -0.15) is 0 Å². The SMILES string of the molecule is CCCCc1ccc(NC(=O)COc2ccc(S(=O)(=O)NC3CCCCC3)cc2C)cc1. The first-order valence-corrected chi connectivity index (χ1v) is 13.0. The quantitative estimate of drug-likeness (QED) is 0.527. The van der Waals surface area contributed by atoms with Crippen LogP contribution in [-0.4, -0.2) is 27.0 Å². The molecular formula is C25H34N2O4S. The van der Waals surface area contributed by atoms with Gasteiger partial charge in [-0.1, -0.05) is 44.7 Å². The number of unbranched alkanes of at least 4 members (excludes halogenated alkanes) is 1. The van der Waals surface area contributed by atoms with Crippen LogP contribution in [0.3, 0.4) is 0 Å². The van der Waals surface area contributed by atoms with E-state index < -0.39 is 10.0 Å². The number of amides is 1. The zero-order valence-electron chi connectivity index (χ0n) is 19.0. The Hall–Kier alpha value is -2.38. The van der Waals surface area contributed by atoms with Crippen LogP contribution in [0.25, 0.3) is 0 Å². The highest BCUT2D eigenvalue weighted by atomic mass is 32.2. The van der Waals surface area contributed by atoms with Crippen LogP contribution in [0.2, 0.25) is 0 Å². The number of nitrogens with one attached hydrogen (secondary N) is 2. The summed E-state index contributed by atoms with van der Waals surface area (Å²) in [6, 6.07) is 12.6. The van der Waals surface area contributed by atoms with E-state index in [0.29, 0.717) is 11.3 Å². The lowest BCUT2D eigenvalue weighted by Crippen LogP contribution is -2.36. The Morgan fingerprint density at radius 2 is 1.78 bits per heavy atom. The van der Waals surface area contributed by atoms with Gasteiger partial charge in [-0.3, -0.25) is 4.79 Å². The fourth-order valence-corrected chi connectivity index (χ4v) is 5.32. The van der Waals surface area contributed by atoms with E-state index in [9.17, 15) is 13.2 Å². The van der Waals surface area contributed by atoms with Gasteiger partial charge in [0.2, 0.25) is 10.0 Å². The van der Waals surface area contributed by atoms with E-state index in [0.717, 1.165) is 50.6 Å². The highest BCUT2D eigenvalue weighted by Gasteiger charge is 2.22. The molecule has 0 bridgehead atoms. The van der Waals surface area contributed by atoms with Crippen molar-refractivity contribution < 1.29 is 17.9 Å². The Morgan fingerprint density at radius 1 is 1.06 bits per heavy atom. The van der Waals surface area contributed by atoms with Crippen molar-refractivity contribution in [2.24, 2.45) is 0 Å². The van der Waals surface area contributed by atoms with Gasteiger partial charge >= 0.3 is 0 Å². The lowest BCUT2D eigenvalue weighted by atomic mass is 9.96. The summed E-state index contributed by atoms with van der Waals surface area (Å²) < 4.78 is 33.9. The number of hydrogen-bond acceptors (Lipinski definition) is 4. The molecule has 6 nitrogen and oxygen atoms in total. The van der Waals surface area contributed by atoms with Gasteiger partial charge in [-0.05, 0) is 74.1 Å². The van der Waals surface area contributed by atoms with E-state index >= 15 is 0 Å². The number of sulfonamides is 1. The number of aryl methyl sites for hydroxylation is 2. The molecule has 1 aliphatic rings. The van der Waals surface area contributed by atoms with Gasteiger partial charge in [0.1, 0.15) is 5.75 Å². The number of carbonyl (C=O) groups excluding carboxylic acids is 1. The molecule has 7 heteroatoms. The Kier molecular flexibility index (Phi) is 8.70. The molecule has 0 aliphatic heterocycles. The Balaban J connectivity index is 1.53. The van der Waals surface area contributed by atoms with Crippen molar-refractivity contribution >= 4 is 21.6 Å². The summed E-state index contributed by atoms with van der Waals surface area (Å²) in [4.78, 5) is 12.5. The zero-order chi connectivity index (χ0) is 23.0. The molecule has 2 aromatic carbocycles. The maximum absolute atomic E-state index is 12.7. The van der Waals surface area contributed by atoms with Gasteiger partial charge in [0.15, 0.2) is 6.61 Å². The first-order chi connectivity index (χ1) is 15.4. The number of hydrogen-bond donors (Lipinski definition) is 2. The molecule has 32 heavy (non-hydrogen) atoms. The second-order valence-corrected chi connectivity index (χ2v) is 10.2. The van der Waals surface area contributed by atoms with Crippen LogP contribution in [0.15, 0.2) is 47.4 Å². The summed E-state index contributed by atoms with van der Waals surface area (Å²) in [6.45, 7) is 3.80. The Morgan fingerprint density at radius 3 is 2.44 bits per heavy atom. The van der Waals surface area contributed by atoms with Gasteiger partial charge in [0.25, 0.3) is 5.91 Å². The average molecular weight is 459 g/mol. The molecule has 0 saturated heterocycles. The normalized spacial score (nSPS) is 14.8. The predicted molar refractivity (Wildman–Crippen MR) is 128 cm³/mol. The maximum atomic E-state index is 12.7. The van der Waals surface area contributed by atoms with E-state index in [4.69, 9.17) is 4.74 Å². The Labute approximate surface area is 191 Å². The summed E-state index contributed by atoms with van der Waals surface area (Å²) in [6.07, 6.45) is 8.39. The molecule has 0 radical (unpaired) electrons. The van der Waals surface area contributed by atoms with Crippen molar-refractivity contribution in [3.05, 3.63) is 53.6 Å². The molecule has 0 heterocycles. The van der Waals surface area contributed by atoms with E-state index in [1.807, 2.05) is 24.3 Å². The van der Waals surface area contributed by atoms with Crippen LogP contribution in [0, 0.1) is 6.92 Å². The van der Waals surface area contributed by atoms with Crippen LogP contribution in [0.5, 0.6) is 5.75 Å². The number of ether oxygens (including phenoxy) is 1. The van der Waals surface area contributed by atoms with Crippen LogP contribution in [0.1, 0.15) is 63.0 Å². The third kappa shape index (κ3) is 7.07. The van der Waals surface area contributed by atoms with E-state index in [-0.39, 0.29) is 23.5 Å². The Bertz CT molecular complexity index is 997. The van der Waals surface area contributed by atoms with Gasteiger partial charge in [0, 0.05) is 11.7 Å². The van der Waals surface area contributed by atoms with Crippen LogP contribution in [-0.2, 0) is 21.2 Å². The molecule has 3 rings (SSSR count). The fraction of sp³-hybridized carbons (Fsp3) is 0.480. The van der Waals surface area contributed by atoms with Crippen LogP contribution >= 0.6 is 0 Å². The van der Waals surface area contributed by atoms with Crippen molar-refractivity contribution in [3.63, 3.8) is 0 Å². The highest BCUT2D eigenvalue weighted by Crippen LogP contribution is 2.24. The molecule has 2 aromatic rings. The fourth-order valence-electron chi connectivity index (χ4n) is 3.93. The molecule has 0 aromatic heterocycles. The van der Waals surface area contributed by atoms with Gasteiger partial charge < -0.3 is 10.1 Å². The molecular weight excluding hydrogens is 424 g/mol. The molecule has 174 valence electrons. The largest absolute Gasteiger partial charge is 0.483 e. The van der Waals surface area contributed by atoms with Gasteiger partial charge in [-0.25, -0.2) is 13.1 Å². The number of anilines is 1. The molecule has 0 unspecified atom stereocenters. The summed E-state index contributed by atoms with van der Waals surface area (Å²) in [5.74, 6) is 0.230. The van der Waals surface area contributed by atoms with Crippen molar-refractivity contribution in [1.82, 2.24) is 4.72 Å². The summed E-state index contributed by atoms with van der Waals surface area (Å²) >= 11 is 0. The monoisotopic (exact) mass is 458 g/mol. The number of benzene rings is 2. The molecule has 1 fully saturated rings. The first-order valence-electron chi connectivity index (χ1n) is 11.5. The minimum Gasteiger partial charge on any atom is -0.483 e. The van der Waals surface area contributed by atoms with Crippen molar-refractivity contribution in [1.29, 1.82) is 0 Å². The third-order valence-corrected chi connectivity index (χ3v) is 7.32. The molecule has 2 N–H and O–H groups in total. The molecule has 1 amide bonds. The predicted octanol–water partition coefficient (Wildman–Crippen LogP) is 4.97. The number of carbonyl (C=O) groups is 1. The van der Waals surface area contributed by atoms with Crippen molar-refractivity contribution in [3.8, 4) is 5.75 Å². The first kappa shape index (κ1) is 24.3. The topological polar surface area (TPSA) is 84.5 Å². The summed E-state index contributed by atoms with van der Waals surface area (Å²) in [5.41, 5.74) is 2.65. The summed E-state index contributed by atoms with van der Waals surface area (Å²) in [7, 11) is -3.57. The molecule has 1 saturated carbocycles. The molecule has 0 atom stereocenters. The summed E-state index contributed by atoms with van der Waals surface area (Å²) in [5, 5.41) is 2.83. The second-order valence-electron chi connectivity index (χ2n) is 8.52.